The molecule has 0 aliphatic heterocycles. The Labute approximate surface area is 121 Å². The largest absolute Gasteiger partial charge is 0.433 e. The molecule has 0 saturated carbocycles. The van der Waals surface area contributed by atoms with E-state index >= 15 is 0 Å². The number of benzene rings is 1. The summed E-state index contributed by atoms with van der Waals surface area (Å²) in [5, 5.41) is 5.31. The molecule has 0 spiro atoms. The molecule has 2 aromatic rings. The van der Waals surface area contributed by atoms with Crippen LogP contribution in [-0.2, 0) is 0 Å². The standard InChI is InChI=1S/C15H17F2NOS/c1-10(2)14(13-8-5-9-20-13)18-11-6-3-4-7-12(11)19-15(16)17/h3-10,14-15,18H,1-2H3. The van der Waals surface area contributed by atoms with Gasteiger partial charge in [0.15, 0.2) is 0 Å². The fourth-order valence-electron chi connectivity index (χ4n) is 1.99. The van der Waals surface area contributed by atoms with Crippen LogP contribution in [0.3, 0.4) is 0 Å². The number of hydrogen-bond acceptors (Lipinski definition) is 3. The summed E-state index contributed by atoms with van der Waals surface area (Å²) in [6, 6.07) is 10.9. The molecule has 0 fully saturated rings. The van der Waals surface area contributed by atoms with E-state index in [2.05, 4.69) is 23.9 Å². The van der Waals surface area contributed by atoms with Gasteiger partial charge in [-0.15, -0.1) is 11.3 Å². The van der Waals surface area contributed by atoms with Gasteiger partial charge in [-0.1, -0.05) is 32.0 Å². The van der Waals surface area contributed by atoms with Gasteiger partial charge in [-0.25, -0.2) is 0 Å². The number of nitrogens with one attached hydrogen (secondary N) is 1. The Bertz CT molecular complexity index is 528. The van der Waals surface area contributed by atoms with Crippen LogP contribution in [-0.4, -0.2) is 6.61 Å². The highest BCUT2D eigenvalue weighted by atomic mass is 32.1. The summed E-state index contributed by atoms with van der Waals surface area (Å²) < 4.78 is 29.4. The second kappa shape index (κ2) is 6.70. The van der Waals surface area contributed by atoms with Crippen molar-refractivity contribution in [3.8, 4) is 5.75 Å². The Hall–Kier alpha value is -1.62. The number of rotatable bonds is 6. The van der Waals surface area contributed by atoms with E-state index in [1.54, 1.807) is 35.6 Å². The Morgan fingerprint density at radius 3 is 2.45 bits per heavy atom. The van der Waals surface area contributed by atoms with Crippen molar-refractivity contribution in [2.24, 2.45) is 5.92 Å². The zero-order chi connectivity index (χ0) is 14.5. The molecule has 5 heteroatoms. The molecular formula is C15H17F2NOS. The average Bonchev–Trinajstić information content (AvgIpc) is 2.90. The van der Waals surface area contributed by atoms with Gasteiger partial charge in [0.25, 0.3) is 0 Å². The van der Waals surface area contributed by atoms with E-state index in [9.17, 15) is 8.78 Å². The van der Waals surface area contributed by atoms with Crippen LogP contribution in [0.15, 0.2) is 41.8 Å². The molecule has 0 aliphatic carbocycles. The molecule has 2 rings (SSSR count). The van der Waals surface area contributed by atoms with Crippen molar-refractivity contribution < 1.29 is 13.5 Å². The third-order valence-electron chi connectivity index (χ3n) is 2.93. The molecule has 1 unspecified atom stereocenters. The summed E-state index contributed by atoms with van der Waals surface area (Å²) in [5.41, 5.74) is 0.583. The number of alkyl halides is 2. The van der Waals surface area contributed by atoms with Crippen LogP contribution in [0.25, 0.3) is 0 Å². The van der Waals surface area contributed by atoms with E-state index < -0.39 is 6.61 Å². The molecule has 108 valence electrons. The van der Waals surface area contributed by atoms with Crippen LogP contribution < -0.4 is 10.1 Å². The highest BCUT2D eigenvalue weighted by Crippen LogP contribution is 2.34. The average molecular weight is 297 g/mol. The van der Waals surface area contributed by atoms with Gasteiger partial charge in [0.05, 0.1) is 11.7 Å². The van der Waals surface area contributed by atoms with Crippen LogP contribution >= 0.6 is 11.3 Å². The number of halogens is 2. The lowest BCUT2D eigenvalue weighted by Crippen LogP contribution is -2.16. The summed E-state index contributed by atoms with van der Waals surface area (Å²) in [6.07, 6.45) is 0. The number of hydrogen-bond donors (Lipinski definition) is 1. The first kappa shape index (κ1) is 14.8. The van der Waals surface area contributed by atoms with Crippen molar-refractivity contribution in [1.82, 2.24) is 0 Å². The van der Waals surface area contributed by atoms with Crippen LogP contribution in [0.2, 0.25) is 0 Å². The lowest BCUT2D eigenvalue weighted by atomic mass is 10.0. The zero-order valence-electron chi connectivity index (χ0n) is 11.3. The predicted octanol–water partition coefficient (Wildman–Crippen LogP) is 5.16. The lowest BCUT2D eigenvalue weighted by molar-refractivity contribution is -0.0493. The first-order valence-electron chi connectivity index (χ1n) is 6.41. The van der Waals surface area contributed by atoms with Crippen molar-refractivity contribution in [3.05, 3.63) is 46.7 Å². The maximum Gasteiger partial charge on any atom is 0.387 e. The molecule has 2 nitrogen and oxygen atoms in total. The third kappa shape index (κ3) is 3.70. The second-order valence-corrected chi connectivity index (χ2v) is 5.74. The molecule has 20 heavy (non-hydrogen) atoms. The van der Waals surface area contributed by atoms with Gasteiger partial charge < -0.3 is 10.1 Å². The van der Waals surface area contributed by atoms with Crippen LogP contribution in [0.4, 0.5) is 14.5 Å². The maximum absolute atomic E-state index is 12.4. The Balaban J connectivity index is 2.23. The first-order chi connectivity index (χ1) is 9.58. The molecular weight excluding hydrogens is 280 g/mol. The van der Waals surface area contributed by atoms with E-state index in [4.69, 9.17) is 0 Å². The molecule has 1 heterocycles. The Morgan fingerprint density at radius 2 is 1.85 bits per heavy atom. The molecule has 0 radical (unpaired) electrons. The molecule has 1 aromatic heterocycles. The molecule has 0 amide bonds. The quantitative estimate of drug-likeness (QED) is 0.795. The number of ether oxygens (including phenoxy) is 1. The lowest BCUT2D eigenvalue weighted by Gasteiger charge is -2.23. The SMILES string of the molecule is CC(C)C(Nc1ccccc1OC(F)F)c1cccs1. The van der Waals surface area contributed by atoms with E-state index in [-0.39, 0.29) is 11.8 Å². The molecule has 1 atom stereocenters. The maximum atomic E-state index is 12.4. The minimum absolute atomic E-state index is 0.0671. The van der Waals surface area contributed by atoms with Crippen LogP contribution in [0.5, 0.6) is 5.75 Å². The monoisotopic (exact) mass is 297 g/mol. The summed E-state index contributed by atoms with van der Waals surface area (Å²) >= 11 is 1.65. The number of anilines is 1. The van der Waals surface area contributed by atoms with E-state index in [0.717, 1.165) is 0 Å². The van der Waals surface area contributed by atoms with Gasteiger partial charge in [-0.05, 0) is 29.5 Å². The van der Waals surface area contributed by atoms with Gasteiger partial charge in [0.1, 0.15) is 5.75 Å². The van der Waals surface area contributed by atoms with E-state index in [1.165, 1.54) is 4.88 Å². The van der Waals surface area contributed by atoms with Crippen molar-refractivity contribution in [2.45, 2.75) is 26.5 Å². The van der Waals surface area contributed by atoms with Crippen molar-refractivity contribution in [2.75, 3.05) is 5.32 Å². The number of para-hydroxylation sites is 2. The third-order valence-corrected chi connectivity index (χ3v) is 3.89. The Kier molecular flexibility index (Phi) is 4.95. The van der Waals surface area contributed by atoms with Gasteiger partial charge in [0.2, 0.25) is 0 Å². The van der Waals surface area contributed by atoms with Gasteiger partial charge >= 0.3 is 6.61 Å². The summed E-state index contributed by atoms with van der Waals surface area (Å²) in [4.78, 5) is 1.17. The summed E-state index contributed by atoms with van der Waals surface area (Å²) in [7, 11) is 0. The fraction of sp³-hybridized carbons (Fsp3) is 0.333. The Morgan fingerprint density at radius 1 is 1.10 bits per heavy atom. The summed E-state index contributed by atoms with van der Waals surface area (Å²) in [6.45, 7) is 1.36. The van der Waals surface area contributed by atoms with Crippen molar-refractivity contribution in [1.29, 1.82) is 0 Å². The van der Waals surface area contributed by atoms with Gasteiger partial charge in [-0.2, -0.15) is 8.78 Å². The normalized spacial score (nSPS) is 12.7. The summed E-state index contributed by atoms with van der Waals surface area (Å²) in [5.74, 6) is 0.498. The van der Waals surface area contributed by atoms with E-state index in [0.29, 0.717) is 11.6 Å². The smallest absolute Gasteiger partial charge is 0.387 e. The minimum atomic E-state index is -2.82. The van der Waals surface area contributed by atoms with Crippen LogP contribution in [0, 0.1) is 5.92 Å². The van der Waals surface area contributed by atoms with Crippen molar-refractivity contribution >= 4 is 17.0 Å². The molecule has 0 bridgehead atoms. The van der Waals surface area contributed by atoms with Crippen molar-refractivity contribution in [3.63, 3.8) is 0 Å². The first-order valence-corrected chi connectivity index (χ1v) is 7.29. The molecule has 0 saturated heterocycles. The van der Waals surface area contributed by atoms with Gasteiger partial charge in [-0.3, -0.25) is 0 Å². The molecule has 0 aliphatic rings. The highest BCUT2D eigenvalue weighted by molar-refractivity contribution is 7.10. The minimum Gasteiger partial charge on any atom is -0.433 e. The number of thiophene rings is 1. The molecule has 1 N–H and O–H groups in total. The molecule has 1 aromatic carbocycles. The van der Waals surface area contributed by atoms with Gasteiger partial charge in [0, 0.05) is 4.88 Å². The second-order valence-electron chi connectivity index (χ2n) is 4.76. The topological polar surface area (TPSA) is 21.3 Å². The zero-order valence-corrected chi connectivity index (χ0v) is 12.2. The highest BCUT2D eigenvalue weighted by Gasteiger charge is 2.19. The van der Waals surface area contributed by atoms with Crippen LogP contribution in [0.1, 0.15) is 24.8 Å². The fourth-order valence-corrected chi connectivity index (χ4v) is 2.94. The predicted molar refractivity (Wildman–Crippen MR) is 78.6 cm³/mol. The van der Waals surface area contributed by atoms with E-state index in [1.807, 2.05) is 17.5 Å².